The van der Waals surface area contributed by atoms with Crippen molar-refractivity contribution in [1.82, 2.24) is 9.97 Å². The van der Waals surface area contributed by atoms with Gasteiger partial charge in [-0.2, -0.15) is 0 Å². The highest BCUT2D eigenvalue weighted by Crippen LogP contribution is 2.35. The van der Waals surface area contributed by atoms with Crippen LogP contribution >= 0.6 is 0 Å². The largest absolute Gasteiger partial charge is 0.487 e. The van der Waals surface area contributed by atoms with Gasteiger partial charge in [0.2, 0.25) is 5.91 Å². The van der Waals surface area contributed by atoms with E-state index in [1.807, 2.05) is 0 Å². The Balaban J connectivity index is 1.67. The molecule has 2 heterocycles. The predicted molar refractivity (Wildman–Crippen MR) is 110 cm³/mol. The van der Waals surface area contributed by atoms with Crippen molar-refractivity contribution >= 4 is 28.3 Å². The lowest BCUT2D eigenvalue weighted by molar-refractivity contribution is 0.0224. The van der Waals surface area contributed by atoms with Gasteiger partial charge in [-0.1, -0.05) is 0 Å². The molecule has 0 saturated carbocycles. The van der Waals surface area contributed by atoms with E-state index < -0.39 is 11.7 Å². The first-order chi connectivity index (χ1) is 15.1. The Morgan fingerprint density at radius 1 is 0.935 bits per heavy atom. The van der Waals surface area contributed by atoms with Gasteiger partial charge in [-0.05, 0) is 24.3 Å². The number of fused-ring (bicyclic) bond motifs is 2. The van der Waals surface area contributed by atoms with Gasteiger partial charge in [0, 0.05) is 17.0 Å². The van der Waals surface area contributed by atoms with Crippen LogP contribution in [0.3, 0.4) is 0 Å². The fraction of sp³-hybridized carbons (Fsp3) is 0.286. The molecule has 1 aliphatic heterocycles. The first-order valence-corrected chi connectivity index (χ1v) is 9.68. The highest BCUT2D eigenvalue weighted by molar-refractivity contribution is 5.95. The number of ether oxygens (including phenoxy) is 4. The van der Waals surface area contributed by atoms with Crippen LogP contribution in [0.15, 0.2) is 36.7 Å². The number of primary amides is 1. The van der Waals surface area contributed by atoms with Crippen LogP contribution in [-0.2, 0) is 9.47 Å². The number of hydrogen-bond acceptors (Lipinski definition) is 8. The number of aromatic nitrogens is 2. The summed E-state index contributed by atoms with van der Waals surface area (Å²) in [5.41, 5.74) is 6.00. The van der Waals surface area contributed by atoms with Crippen molar-refractivity contribution in [3.63, 3.8) is 0 Å². The van der Waals surface area contributed by atoms with Crippen molar-refractivity contribution in [2.24, 2.45) is 5.73 Å². The maximum atomic E-state index is 14.4. The third kappa shape index (κ3) is 4.98. The minimum Gasteiger partial charge on any atom is -0.487 e. The summed E-state index contributed by atoms with van der Waals surface area (Å²) in [6, 6.07) is 7.39. The van der Waals surface area contributed by atoms with Crippen LogP contribution in [0.2, 0.25) is 0 Å². The van der Waals surface area contributed by atoms with Crippen LogP contribution < -0.4 is 20.5 Å². The SMILES string of the molecule is NC(=O)c1ccc(Nc2ncnc3cc4c(cc23)OCCOCCOCCO4)c(F)c1. The molecule has 9 nitrogen and oxygen atoms in total. The second kappa shape index (κ2) is 9.54. The van der Waals surface area contributed by atoms with Crippen LogP contribution in [0, 0.1) is 5.82 Å². The summed E-state index contributed by atoms with van der Waals surface area (Å²) in [6.07, 6.45) is 1.36. The van der Waals surface area contributed by atoms with E-state index >= 15 is 0 Å². The number of halogens is 1. The van der Waals surface area contributed by atoms with Gasteiger partial charge in [-0.3, -0.25) is 4.79 Å². The molecule has 162 valence electrons. The number of hydrogen-bond donors (Lipinski definition) is 2. The summed E-state index contributed by atoms with van der Waals surface area (Å²) >= 11 is 0. The minimum absolute atomic E-state index is 0.0763. The Morgan fingerprint density at radius 3 is 2.29 bits per heavy atom. The molecule has 10 heteroatoms. The second-order valence-corrected chi connectivity index (χ2v) is 6.64. The van der Waals surface area contributed by atoms with E-state index in [1.54, 1.807) is 12.1 Å². The molecule has 0 aliphatic carbocycles. The Kier molecular flexibility index (Phi) is 6.39. The number of nitrogens with zero attached hydrogens (tertiary/aromatic N) is 2. The summed E-state index contributed by atoms with van der Waals surface area (Å²) < 4.78 is 37.0. The third-order valence-electron chi connectivity index (χ3n) is 4.55. The summed E-state index contributed by atoms with van der Waals surface area (Å²) in [7, 11) is 0. The minimum atomic E-state index is -0.707. The standard InChI is InChI=1S/C21H21FN4O5/c22-15-9-13(20(23)27)1-2-16(15)26-21-14-10-18-19(11-17(14)24-12-25-21)31-8-6-29-4-3-28-5-7-30-18/h1-2,9-12H,3-8H2,(H2,23,27)(H,24,25,26). The summed E-state index contributed by atoms with van der Waals surface area (Å²) in [4.78, 5) is 19.8. The molecule has 1 aliphatic rings. The molecule has 0 unspecified atom stereocenters. The zero-order chi connectivity index (χ0) is 21.6. The lowest BCUT2D eigenvalue weighted by Gasteiger charge is -2.16. The number of anilines is 2. The molecular formula is C21H21FN4O5. The zero-order valence-electron chi connectivity index (χ0n) is 16.6. The van der Waals surface area contributed by atoms with Gasteiger partial charge in [0.1, 0.15) is 31.2 Å². The molecular weight excluding hydrogens is 407 g/mol. The molecule has 1 aromatic heterocycles. The Morgan fingerprint density at radius 2 is 1.61 bits per heavy atom. The van der Waals surface area contributed by atoms with Crippen molar-refractivity contribution in [3.05, 3.63) is 48.0 Å². The van der Waals surface area contributed by atoms with E-state index in [9.17, 15) is 9.18 Å². The smallest absolute Gasteiger partial charge is 0.248 e. The maximum Gasteiger partial charge on any atom is 0.248 e. The topological polar surface area (TPSA) is 118 Å². The molecule has 4 rings (SSSR count). The van der Waals surface area contributed by atoms with Crippen LogP contribution in [-0.4, -0.2) is 55.5 Å². The fourth-order valence-electron chi connectivity index (χ4n) is 3.03. The molecule has 0 atom stereocenters. The summed E-state index contributed by atoms with van der Waals surface area (Å²) in [6.45, 7) is 2.45. The van der Waals surface area contributed by atoms with Gasteiger partial charge in [-0.15, -0.1) is 0 Å². The number of nitrogens with one attached hydrogen (secondary N) is 1. The lowest BCUT2D eigenvalue weighted by atomic mass is 10.1. The third-order valence-corrected chi connectivity index (χ3v) is 4.55. The molecule has 0 spiro atoms. The van der Waals surface area contributed by atoms with Gasteiger partial charge in [-0.25, -0.2) is 14.4 Å². The second-order valence-electron chi connectivity index (χ2n) is 6.64. The molecule has 3 N–H and O–H groups in total. The first-order valence-electron chi connectivity index (χ1n) is 9.68. The first kappa shape index (κ1) is 20.8. The average Bonchev–Trinajstić information content (AvgIpc) is 2.75. The van der Waals surface area contributed by atoms with Gasteiger partial charge >= 0.3 is 0 Å². The fourth-order valence-corrected chi connectivity index (χ4v) is 3.03. The summed E-state index contributed by atoms with van der Waals surface area (Å²) in [5, 5.41) is 3.54. The number of carbonyl (C=O) groups is 1. The lowest BCUT2D eigenvalue weighted by Crippen LogP contribution is -2.15. The van der Waals surface area contributed by atoms with Crippen molar-refractivity contribution in [1.29, 1.82) is 0 Å². The molecule has 1 amide bonds. The predicted octanol–water partition coefficient (Wildman–Crippen LogP) is 2.42. The van der Waals surface area contributed by atoms with Crippen molar-refractivity contribution in [3.8, 4) is 11.5 Å². The number of benzene rings is 2. The Bertz CT molecular complexity index is 1090. The van der Waals surface area contributed by atoms with Gasteiger partial charge < -0.3 is 30.0 Å². The molecule has 2 aromatic carbocycles. The van der Waals surface area contributed by atoms with Gasteiger partial charge in [0.15, 0.2) is 11.5 Å². The normalized spacial score (nSPS) is 15.0. The molecule has 0 saturated heterocycles. The van der Waals surface area contributed by atoms with Gasteiger partial charge in [0.25, 0.3) is 0 Å². The highest BCUT2D eigenvalue weighted by atomic mass is 19.1. The van der Waals surface area contributed by atoms with E-state index in [-0.39, 0.29) is 11.3 Å². The molecule has 0 bridgehead atoms. The monoisotopic (exact) mass is 428 g/mol. The van der Waals surface area contributed by atoms with Gasteiger partial charge in [0.05, 0.1) is 37.6 Å². The molecule has 0 radical (unpaired) electrons. The van der Waals surface area contributed by atoms with E-state index in [0.29, 0.717) is 67.9 Å². The van der Waals surface area contributed by atoms with E-state index in [0.717, 1.165) is 6.07 Å². The van der Waals surface area contributed by atoms with Crippen molar-refractivity contribution < 1.29 is 28.1 Å². The van der Waals surface area contributed by atoms with Crippen LogP contribution in [0.4, 0.5) is 15.9 Å². The maximum absolute atomic E-state index is 14.4. The van der Waals surface area contributed by atoms with E-state index in [1.165, 1.54) is 18.5 Å². The Labute approximate surface area is 177 Å². The number of rotatable bonds is 3. The highest BCUT2D eigenvalue weighted by Gasteiger charge is 2.15. The number of amides is 1. The molecule has 0 fully saturated rings. The van der Waals surface area contributed by atoms with Crippen LogP contribution in [0.25, 0.3) is 10.9 Å². The molecule has 3 aromatic rings. The molecule has 31 heavy (non-hydrogen) atoms. The number of nitrogens with two attached hydrogens (primary N) is 1. The van der Waals surface area contributed by atoms with E-state index in [4.69, 9.17) is 24.7 Å². The van der Waals surface area contributed by atoms with Crippen LogP contribution in [0.5, 0.6) is 11.5 Å². The zero-order valence-corrected chi connectivity index (χ0v) is 16.6. The Hall–Kier alpha value is -3.50. The van der Waals surface area contributed by atoms with E-state index in [2.05, 4.69) is 15.3 Å². The quantitative estimate of drug-likeness (QED) is 0.653. The van der Waals surface area contributed by atoms with Crippen molar-refractivity contribution in [2.45, 2.75) is 0 Å². The number of carbonyl (C=O) groups excluding carboxylic acids is 1. The van der Waals surface area contributed by atoms with Crippen LogP contribution in [0.1, 0.15) is 10.4 Å². The summed E-state index contributed by atoms with van der Waals surface area (Å²) in [5.74, 6) is 0.0256. The average molecular weight is 428 g/mol. The van der Waals surface area contributed by atoms with Crippen molar-refractivity contribution in [2.75, 3.05) is 45.0 Å².